The van der Waals surface area contributed by atoms with Crippen LogP contribution < -0.4 is 0 Å². The van der Waals surface area contributed by atoms with Crippen molar-refractivity contribution in [2.45, 2.75) is 46.0 Å². The Labute approximate surface area is 126 Å². The second kappa shape index (κ2) is 5.77. The first-order chi connectivity index (χ1) is 9.30. The fourth-order valence-corrected chi connectivity index (χ4v) is 3.65. The molecule has 1 fully saturated rings. The van der Waals surface area contributed by atoms with Gasteiger partial charge in [0.05, 0.1) is 5.92 Å². The largest absolute Gasteiger partial charge is 0.481 e. The van der Waals surface area contributed by atoms with Crippen LogP contribution in [0.1, 0.15) is 51.5 Å². The van der Waals surface area contributed by atoms with E-state index in [2.05, 4.69) is 20.8 Å². The van der Waals surface area contributed by atoms with E-state index in [9.17, 15) is 9.90 Å². The zero-order valence-corrected chi connectivity index (χ0v) is 13.2. The molecule has 1 aliphatic carbocycles. The van der Waals surface area contributed by atoms with Gasteiger partial charge in [-0.25, -0.2) is 0 Å². The summed E-state index contributed by atoms with van der Waals surface area (Å²) in [6, 6.07) is 7.68. The van der Waals surface area contributed by atoms with Gasteiger partial charge in [-0.15, -0.1) is 0 Å². The Bertz CT molecular complexity index is 490. The zero-order chi connectivity index (χ0) is 14.9. The lowest BCUT2D eigenvalue weighted by Gasteiger charge is -2.41. The molecule has 20 heavy (non-hydrogen) atoms. The van der Waals surface area contributed by atoms with Crippen molar-refractivity contribution in [3.8, 4) is 0 Å². The van der Waals surface area contributed by atoms with Crippen LogP contribution in [0.2, 0.25) is 5.02 Å². The van der Waals surface area contributed by atoms with Crippen molar-refractivity contribution in [1.29, 1.82) is 0 Å². The van der Waals surface area contributed by atoms with Crippen LogP contribution >= 0.6 is 11.6 Å². The number of hydrogen-bond donors (Lipinski definition) is 1. The molecule has 3 unspecified atom stereocenters. The first-order valence-electron chi connectivity index (χ1n) is 7.28. The number of hydrogen-bond acceptors (Lipinski definition) is 1. The van der Waals surface area contributed by atoms with Gasteiger partial charge in [0, 0.05) is 5.02 Å². The van der Waals surface area contributed by atoms with Gasteiger partial charge in [0.1, 0.15) is 0 Å². The first kappa shape index (κ1) is 15.4. The molecule has 0 saturated heterocycles. The molecule has 0 amide bonds. The van der Waals surface area contributed by atoms with Crippen LogP contribution in [0.3, 0.4) is 0 Å². The Morgan fingerprint density at radius 3 is 2.45 bits per heavy atom. The minimum Gasteiger partial charge on any atom is -0.481 e. The fraction of sp³-hybridized carbons (Fsp3) is 0.588. The molecular weight excluding hydrogens is 272 g/mol. The van der Waals surface area contributed by atoms with E-state index in [0.717, 1.165) is 24.8 Å². The lowest BCUT2D eigenvalue weighted by molar-refractivity contribution is -0.144. The quantitative estimate of drug-likeness (QED) is 0.836. The molecule has 2 rings (SSSR count). The highest BCUT2D eigenvalue weighted by Gasteiger charge is 2.40. The SMILES string of the molecule is CC(C)(C)C1CCC(C(=O)O)C(c2ccccc2Cl)C1. The van der Waals surface area contributed by atoms with Crippen molar-refractivity contribution in [3.63, 3.8) is 0 Å². The molecule has 0 bridgehead atoms. The molecule has 2 nitrogen and oxygen atoms in total. The highest BCUT2D eigenvalue weighted by Crippen LogP contribution is 2.48. The average molecular weight is 295 g/mol. The normalized spacial score (nSPS) is 27.3. The highest BCUT2D eigenvalue weighted by molar-refractivity contribution is 6.31. The van der Waals surface area contributed by atoms with Crippen LogP contribution in [-0.4, -0.2) is 11.1 Å². The van der Waals surface area contributed by atoms with Gasteiger partial charge in [-0.05, 0) is 48.1 Å². The molecule has 1 saturated carbocycles. The molecule has 3 heteroatoms. The third-order valence-corrected chi connectivity index (χ3v) is 5.04. The molecule has 1 aromatic rings. The predicted octanol–water partition coefficient (Wildman–Crippen LogP) is 4.97. The topological polar surface area (TPSA) is 37.3 Å². The van der Waals surface area contributed by atoms with Gasteiger partial charge in [0.25, 0.3) is 0 Å². The van der Waals surface area contributed by atoms with E-state index < -0.39 is 5.97 Å². The van der Waals surface area contributed by atoms with E-state index in [1.165, 1.54) is 0 Å². The predicted molar refractivity (Wildman–Crippen MR) is 82.1 cm³/mol. The molecule has 0 spiro atoms. The molecule has 1 N–H and O–H groups in total. The van der Waals surface area contributed by atoms with Crippen molar-refractivity contribution < 1.29 is 9.90 Å². The molecular formula is C17H23ClO2. The Kier molecular flexibility index (Phi) is 4.43. The second-order valence-corrected chi connectivity index (χ2v) is 7.36. The maximum atomic E-state index is 11.6. The third-order valence-electron chi connectivity index (χ3n) is 4.70. The van der Waals surface area contributed by atoms with Gasteiger partial charge in [-0.2, -0.15) is 0 Å². The summed E-state index contributed by atoms with van der Waals surface area (Å²) in [5.74, 6) is -0.436. The molecule has 3 atom stereocenters. The van der Waals surface area contributed by atoms with E-state index in [1.807, 2.05) is 24.3 Å². The van der Waals surface area contributed by atoms with Crippen LogP contribution in [0.4, 0.5) is 0 Å². The summed E-state index contributed by atoms with van der Waals surface area (Å²) in [6.07, 6.45) is 2.64. The molecule has 0 heterocycles. The standard InChI is InChI=1S/C17H23ClO2/c1-17(2,3)11-8-9-13(16(19)20)14(10-11)12-6-4-5-7-15(12)18/h4-7,11,13-14H,8-10H2,1-3H3,(H,19,20). The Morgan fingerprint density at radius 2 is 1.90 bits per heavy atom. The molecule has 1 aromatic carbocycles. The van der Waals surface area contributed by atoms with Crippen molar-refractivity contribution in [2.75, 3.05) is 0 Å². The summed E-state index contributed by atoms with van der Waals surface area (Å²) < 4.78 is 0. The van der Waals surface area contributed by atoms with Crippen LogP contribution in [0.25, 0.3) is 0 Å². The average Bonchev–Trinajstić information content (AvgIpc) is 2.37. The molecule has 1 aliphatic rings. The lowest BCUT2D eigenvalue weighted by Crippen LogP contribution is -2.34. The minimum absolute atomic E-state index is 0.0270. The monoisotopic (exact) mass is 294 g/mol. The number of carbonyl (C=O) groups is 1. The fourth-order valence-electron chi connectivity index (χ4n) is 3.37. The number of halogens is 1. The summed E-state index contributed by atoms with van der Waals surface area (Å²) in [5, 5.41) is 10.2. The maximum Gasteiger partial charge on any atom is 0.307 e. The Morgan fingerprint density at radius 1 is 1.25 bits per heavy atom. The van der Waals surface area contributed by atoms with Crippen LogP contribution in [0.5, 0.6) is 0 Å². The van der Waals surface area contributed by atoms with Crippen molar-refractivity contribution in [1.82, 2.24) is 0 Å². The number of aliphatic carboxylic acids is 1. The lowest BCUT2D eigenvalue weighted by atomic mass is 9.64. The van der Waals surface area contributed by atoms with Gasteiger partial charge in [0.15, 0.2) is 0 Å². The number of benzene rings is 1. The highest BCUT2D eigenvalue weighted by atomic mass is 35.5. The van der Waals surface area contributed by atoms with Gasteiger partial charge in [-0.3, -0.25) is 4.79 Å². The summed E-state index contributed by atoms with van der Waals surface area (Å²) in [6.45, 7) is 6.72. The second-order valence-electron chi connectivity index (χ2n) is 6.95. The zero-order valence-electron chi connectivity index (χ0n) is 12.4. The van der Waals surface area contributed by atoms with Crippen molar-refractivity contribution in [2.24, 2.45) is 17.3 Å². The smallest absolute Gasteiger partial charge is 0.307 e. The molecule has 110 valence electrons. The third kappa shape index (κ3) is 3.17. The summed E-state index contributed by atoms with van der Waals surface area (Å²) in [7, 11) is 0. The summed E-state index contributed by atoms with van der Waals surface area (Å²) in [4.78, 5) is 11.6. The van der Waals surface area contributed by atoms with E-state index in [0.29, 0.717) is 10.9 Å². The molecule has 0 radical (unpaired) electrons. The van der Waals surface area contributed by atoms with E-state index in [1.54, 1.807) is 0 Å². The molecule has 0 aliphatic heterocycles. The van der Waals surface area contributed by atoms with Crippen molar-refractivity contribution in [3.05, 3.63) is 34.9 Å². The van der Waals surface area contributed by atoms with Gasteiger partial charge >= 0.3 is 5.97 Å². The van der Waals surface area contributed by atoms with Crippen LogP contribution in [0.15, 0.2) is 24.3 Å². The van der Waals surface area contributed by atoms with Gasteiger partial charge < -0.3 is 5.11 Å². The van der Waals surface area contributed by atoms with E-state index in [-0.39, 0.29) is 17.3 Å². The Balaban J connectivity index is 2.33. The number of carboxylic acid groups (broad SMARTS) is 1. The number of rotatable bonds is 2. The Hall–Kier alpha value is -1.02. The molecule has 0 aromatic heterocycles. The van der Waals surface area contributed by atoms with Gasteiger partial charge in [-0.1, -0.05) is 50.6 Å². The van der Waals surface area contributed by atoms with Crippen LogP contribution in [-0.2, 0) is 4.79 Å². The van der Waals surface area contributed by atoms with Crippen LogP contribution in [0, 0.1) is 17.3 Å². The van der Waals surface area contributed by atoms with E-state index in [4.69, 9.17) is 11.6 Å². The summed E-state index contributed by atoms with van der Waals surface area (Å²) >= 11 is 6.30. The first-order valence-corrected chi connectivity index (χ1v) is 7.65. The van der Waals surface area contributed by atoms with Gasteiger partial charge in [0.2, 0.25) is 0 Å². The van der Waals surface area contributed by atoms with E-state index >= 15 is 0 Å². The maximum absolute atomic E-state index is 11.6. The minimum atomic E-state index is -0.692. The number of carboxylic acids is 1. The summed E-state index contributed by atoms with van der Waals surface area (Å²) in [5.41, 5.74) is 1.21. The van der Waals surface area contributed by atoms with Crippen molar-refractivity contribution >= 4 is 17.6 Å².